The molecule has 2 heterocycles. The lowest BCUT2D eigenvalue weighted by molar-refractivity contribution is -0.136. The van der Waals surface area contributed by atoms with E-state index < -0.39 is 17.8 Å². The molecule has 4 amide bonds. The van der Waals surface area contributed by atoms with Crippen LogP contribution in [0.3, 0.4) is 0 Å². The molecule has 1 aliphatic heterocycles. The number of carbonyl (C=O) groups excluding carboxylic acids is 3. The van der Waals surface area contributed by atoms with Crippen LogP contribution in [-0.4, -0.2) is 38.8 Å². The molecule has 7 nitrogen and oxygen atoms in total. The van der Waals surface area contributed by atoms with E-state index in [-0.39, 0.29) is 6.42 Å². The Bertz CT molecular complexity index is 420. The van der Waals surface area contributed by atoms with E-state index in [0.29, 0.717) is 19.5 Å². The minimum absolute atomic E-state index is 0.253. The lowest BCUT2D eigenvalue weighted by atomic mass is 10.2. The number of hydrogen-bond donors (Lipinski definition) is 1. The van der Waals surface area contributed by atoms with E-state index in [1.807, 2.05) is 10.8 Å². The maximum Gasteiger partial charge on any atom is 0.330 e. The van der Waals surface area contributed by atoms with Gasteiger partial charge >= 0.3 is 6.03 Å². The quantitative estimate of drug-likeness (QED) is 0.730. The number of imidazole rings is 1. The zero-order valence-corrected chi connectivity index (χ0v) is 9.13. The molecule has 0 bridgehead atoms. The van der Waals surface area contributed by atoms with E-state index in [9.17, 15) is 14.4 Å². The van der Waals surface area contributed by atoms with Crippen LogP contribution in [0.25, 0.3) is 0 Å². The monoisotopic (exact) mass is 236 g/mol. The molecule has 0 unspecified atom stereocenters. The van der Waals surface area contributed by atoms with Gasteiger partial charge in [-0.25, -0.2) is 9.78 Å². The first-order valence-electron chi connectivity index (χ1n) is 5.27. The van der Waals surface area contributed by atoms with E-state index in [2.05, 4.69) is 10.3 Å². The van der Waals surface area contributed by atoms with Gasteiger partial charge in [0.25, 0.3) is 0 Å². The maximum atomic E-state index is 11.4. The van der Waals surface area contributed by atoms with Gasteiger partial charge in [-0.1, -0.05) is 0 Å². The Balaban J connectivity index is 1.84. The Labute approximate surface area is 97.4 Å². The van der Waals surface area contributed by atoms with E-state index in [0.717, 1.165) is 4.90 Å². The number of barbiturate groups is 1. The van der Waals surface area contributed by atoms with Crippen LogP contribution < -0.4 is 5.32 Å². The molecule has 90 valence electrons. The molecule has 1 aliphatic rings. The van der Waals surface area contributed by atoms with Crippen LogP contribution in [0.1, 0.15) is 12.8 Å². The first kappa shape index (κ1) is 11.3. The molecule has 0 atom stereocenters. The zero-order chi connectivity index (χ0) is 12.3. The van der Waals surface area contributed by atoms with E-state index in [1.165, 1.54) is 0 Å². The van der Waals surface area contributed by atoms with Crippen LogP contribution in [0.2, 0.25) is 0 Å². The number of rotatable bonds is 4. The second kappa shape index (κ2) is 4.77. The highest BCUT2D eigenvalue weighted by Crippen LogP contribution is 2.04. The van der Waals surface area contributed by atoms with Gasteiger partial charge in [-0.3, -0.25) is 19.8 Å². The molecular formula is C10H12N4O3. The first-order chi connectivity index (χ1) is 8.16. The van der Waals surface area contributed by atoms with Crippen LogP contribution in [0.5, 0.6) is 0 Å². The fourth-order valence-corrected chi connectivity index (χ4v) is 1.63. The Morgan fingerprint density at radius 2 is 2.12 bits per heavy atom. The summed E-state index contributed by atoms with van der Waals surface area (Å²) in [6, 6.07) is -0.628. The van der Waals surface area contributed by atoms with Gasteiger partial charge in [0.2, 0.25) is 11.8 Å². The minimum atomic E-state index is -0.628. The number of aromatic nitrogens is 2. The molecule has 0 saturated carbocycles. The molecule has 2 rings (SSSR count). The molecule has 1 saturated heterocycles. The molecule has 1 aromatic heterocycles. The molecule has 0 aromatic carbocycles. The summed E-state index contributed by atoms with van der Waals surface area (Å²) in [4.78, 5) is 38.6. The molecule has 0 spiro atoms. The van der Waals surface area contributed by atoms with E-state index in [1.54, 1.807) is 12.5 Å². The normalized spacial score (nSPS) is 16.2. The molecule has 7 heteroatoms. The third-order valence-corrected chi connectivity index (χ3v) is 2.46. The third kappa shape index (κ3) is 2.68. The van der Waals surface area contributed by atoms with Gasteiger partial charge in [-0.15, -0.1) is 0 Å². The van der Waals surface area contributed by atoms with Crippen molar-refractivity contribution < 1.29 is 14.4 Å². The lowest BCUT2D eigenvalue weighted by Gasteiger charge is -2.24. The van der Waals surface area contributed by atoms with Gasteiger partial charge in [-0.2, -0.15) is 0 Å². The van der Waals surface area contributed by atoms with Crippen molar-refractivity contribution in [3.63, 3.8) is 0 Å². The number of hydrogen-bond acceptors (Lipinski definition) is 4. The van der Waals surface area contributed by atoms with Crippen LogP contribution in [0.4, 0.5) is 4.79 Å². The summed E-state index contributed by atoms with van der Waals surface area (Å²) in [5, 5.41) is 2.11. The van der Waals surface area contributed by atoms with Crippen molar-refractivity contribution in [1.82, 2.24) is 19.8 Å². The second-order valence-electron chi connectivity index (χ2n) is 3.73. The molecule has 1 aromatic rings. The van der Waals surface area contributed by atoms with Crippen LogP contribution in [0.15, 0.2) is 18.7 Å². The highest BCUT2D eigenvalue weighted by Gasteiger charge is 2.29. The van der Waals surface area contributed by atoms with Gasteiger partial charge in [-0.05, 0) is 6.42 Å². The molecule has 1 fully saturated rings. The summed E-state index contributed by atoms with van der Waals surface area (Å²) < 4.78 is 1.86. The number of amides is 4. The SMILES string of the molecule is O=C1CC(=O)N(CCCn2ccnc2)C(=O)N1. The van der Waals surface area contributed by atoms with Crippen LogP contribution in [0, 0.1) is 0 Å². The summed E-state index contributed by atoms with van der Waals surface area (Å²) in [5.74, 6) is -0.977. The highest BCUT2D eigenvalue weighted by atomic mass is 16.2. The van der Waals surface area contributed by atoms with Crippen molar-refractivity contribution in [1.29, 1.82) is 0 Å². The Morgan fingerprint density at radius 3 is 2.76 bits per heavy atom. The van der Waals surface area contributed by atoms with Crippen molar-refractivity contribution in [3.8, 4) is 0 Å². The lowest BCUT2D eigenvalue weighted by Crippen LogP contribution is -2.52. The van der Waals surface area contributed by atoms with Crippen molar-refractivity contribution in [2.75, 3.05) is 6.54 Å². The Morgan fingerprint density at radius 1 is 1.29 bits per heavy atom. The fourth-order valence-electron chi connectivity index (χ4n) is 1.63. The number of aryl methyl sites for hydroxylation is 1. The number of nitrogens with one attached hydrogen (secondary N) is 1. The smallest absolute Gasteiger partial charge is 0.330 e. The number of nitrogens with zero attached hydrogens (tertiary/aromatic N) is 3. The van der Waals surface area contributed by atoms with Gasteiger partial charge in [0, 0.05) is 25.5 Å². The van der Waals surface area contributed by atoms with Crippen molar-refractivity contribution >= 4 is 17.8 Å². The summed E-state index contributed by atoms with van der Waals surface area (Å²) in [6.45, 7) is 0.973. The first-order valence-corrected chi connectivity index (χ1v) is 5.27. The van der Waals surface area contributed by atoms with Crippen molar-refractivity contribution in [2.45, 2.75) is 19.4 Å². The van der Waals surface area contributed by atoms with Crippen LogP contribution >= 0.6 is 0 Å². The largest absolute Gasteiger partial charge is 0.337 e. The van der Waals surface area contributed by atoms with E-state index in [4.69, 9.17) is 0 Å². The standard InChI is InChI=1S/C10H12N4O3/c15-8-6-9(16)14(10(17)12-8)4-1-3-13-5-2-11-7-13/h2,5,7H,1,3-4,6H2,(H,12,15,17). The summed E-state index contributed by atoms with van der Waals surface area (Å²) >= 11 is 0. The minimum Gasteiger partial charge on any atom is -0.337 e. The summed E-state index contributed by atoms with van der Waals surface area (Å²) in [7, 11) is 0. The molecule has 0 radical (unpaired) electrons. The number of carbonyl (C=O) groups is 3. The van der Waals surface area contributed by atoms with Crippen molar-refractivity contribution in [3.05, 3.63) is 18.7 Å². The average molecular weight is 236 g/mol. The third-order valence-electron chi connectivity index (χ3n) is 2.46. The molecular weight excluding hydrogens is 224 g/mol. The number of imide groups is 2. The maximum absolute atomic E-state index is 11.4. The fraction of sp³-hybridized carbons (Fsp3) is 0.400. The summed E-state index contributed by atoms with van der Waals surface area (Å²) in [6.07, 6.45) is 5.52. The second-order valence-corrected chi connectivity index (χ2v) is 3.73. The predicted molar refractivity (Wildman–Crippen MR) is 56.7 cm³/mol. The van der Waals surface area contributed by atoms with E-state index >= 15 is 0 Å². The Hall–Kier alpha value is -2.18. The molecule has 17 heavy (non-hydrogen) atoms. The summed E-state index contributed by atoms with van der Waals surface area (Å²) in [5.41, 5.74) is 0. The van der Waals surface area contributed by atoms with Gasteiger partial charge < -0.3 is 4.57 Å². The highest BCUT2D eigenvalue weighted by molar-refractivity contribution is 6.14. The van der Waals surface area contributed by atoms with Crippen molar-refractivity contribution in [2.24, 2.45) is 0 Å². The average Bonchev–Trinajstić information content (AvgIpc) is 2.74. The van der Waals surface area contributed by atoms with Gasteiger partial charge in [0.15, 0.2) is 0 Å². The number of urea groups is 1. The Kier molecular flexibility index (Phi) is 3.17. The van der Waals surface area contributed by atoms with Crippen LogP contribution in [-0.2, 0) is 16.1 Å². The van der Waals surface area contributed by atoms with Gasteiger partial charge in [0.1, 0.15) is 6.42 Å². The van der Waals surface area contributed by atoms with Gasteiger partial charge in [0.05, 0.1) is 6.33 Å². The molecule has 1 N–H and O–H groups in total. The predicted octanol–water partition coefficient (Wildman–Crippen LogP) is -0.258. The topological polar surface area (TPSA) is 84.3 Å². The molecule has 0 aliphatic carbocycles. The zero-order valence-electron chi connectivity index (χ0n) is 9.13.